The molecular formula is C79H118AlBBrCl3F6LiMnN10O17S2. The molecule has 4 aliphatic rings. The number of H-pyrrole nitrogens is 1. The quantitative estimate of drug-likeness (QED) is 0.00716. The number of aliphatic hydroxyl groups excluding tert-OH is 2. The number of nitrogens with one attached hydrogen (secondary N) is 1. The SMILES string of the molecule is C1CCOC1.C=CCCO.CCCn1nc(C)cc1C(=O)OCC.CCCn1nc(C)cc1C=O.CCOC(=O)c1cc(C)[nH]n1.COCCBr.COCCn1nc(C(F)(F)F)cc1C1CC(C)CCO1.Cc1cccc(S(=O)(=O)C2(C)CCOC(c3cc(C(F)(F)F)nn3CCO)C2)c1.Cc1cccc(S)c1.ClB(Cl)Cl.[Al].[CH-]1CCCO1.[Li+].[O]=[Mn]=[O]. The van der Waals surface area contributed by atoms with Gasteiger partial charge in [0.05, 0.1) is 84.6 Å². The molecule has 0 aliphatic carbocycles. The van der Waals surface area contributed by atoms with Crippen molar-refractivity contribution in [1.29, 1.82) is 0 Å². The number of aldehydes is 1. The number of aromatic amines is 1. The first-order valence-corrected chi connectivity index (χ1v) is 43.9. The van der Waals surface area contributed by atoms with Crippen molar-refractivity contribution >= 4 is 113 Å². The van der Waals surface area contributed by atoms with Crippen LogP contribution in [-0.4, -0.2) is 205 Å². The predicted octanol–water partition coefficient (Wildman–Crippen LogP) is 14.1. The molecule has 4 unspecified atom stereocenters. The second-order valence-electron chi connectivity index (χ2n) is 26.6. The molecule has 4 saturated heterocycles. The zero-order valence-corrected chi connectivity index (χ0v) is 79.9. The number of nitrogens with zero attached hydrogens (tertiary/aromatic N) is 9. The Morgan fingerprint density at radius 3 is 1.68 bits per heavy atom. The van der Waals surface area contributed by atoms with Gasteiger partial charge in [-0.1, -0.05) is 79.0 Å². The van der Waals surface area contributed by atoms with Gasteiger partial charge in [0.1, 0.15) is 17.5 Å². The van der Waals surface area contributed by atoms with E-state index in [2.05, 4.69) is 97.3 Å². The summed E-state index contributed by atoms with van der Waals surface area (Å²) >= 11 is 20.3. The summed E-state index contributed by atoms with van der Waals surface area (Å²) in [6.45, 7) is 33.1. The molecule has 7 aromatic rings. The molecule has 0 spiro atoms. The van der Waals surface area contributed by atoms with Crippen LogP contribution in [0.25, 0.3) is 0 Å². The third-order valence-corrected chi connectivity index (χ3v) is 19.5. The molecule has 9 heterocycles. The minimum atomic E-state index is -4.65. The average molecular weight is 1940 g/mol. The second kappa shape index (κ2) is 69.2. The molecule has 43 heteroatoms. The first-order valence-electron chi connectivity index (χ1n) is 38.6. The Morgan fingerprint density at radius 1 is 0.738 bits per heavy atom. The number of esters is 2. The molecule has 4 atom stereocenters. The van der Waals surface area contributed by atoms with Gasteiger partial charge in [-0.15, -0.1) is 19.2 Å². The number of ether oxygens (including phenoxy) is 8. The number of carbonyl (C=O) groups is 3. The van der Waals surface area contributed by atoms with Crippen LogP contribution in [0.3, 0.4) is 0 Å². The monoisotopic (exact) mass is 1940 g/mol. The molecular weight excluding hydrogens is 1820 g/mol. The Morgan fingerprint density at radius 2 is 1.27 bits per heavy atom. The molecule has 5 aromatic heterocycles. The molecule has 122 heavy (non-hydrogen) atoms. The van der Waals surface area contributed by atoms with Crippen molar-refractivity contribution in [3.63, 3.8) is 0 Å². The van der Waals surface area contributed by atoms with Crippen LogP contribution in [-0.2, 0) is 109 Å². The summed E-state index contributed by atoms with van der Waals surface area (Å²) in [5.41, 5.74) is 4.85. The van der Waals surface area contributed by atoms with Gasteiger partial charge >= 0.3 is 70.6 Å². The molecule has 11 rings (SSSR count). The second-order valence-corrected chi connectivity index (χ2v) is 32.5. The van der Waals surface area contributed by atoms with Crippen molar-refractivity contribution in [2.45, 2.75) is 212 Å². The topological polar surface area (TPSA) is 334 Å². The third-order valence-electron chi connectivity index (χ3n) is 16.4. The maximum absolute atomic E-state index is 13.3. The van der Waals surface area contributed by atoms with E-state index in [4.69, 9.17) is 80.3 Å². The van der Waals surface area contributed by atoms with Crippen LogP contribution in [0, 0.1) is 47.1 Å². The fourth-order valence-corrected chi connectivity index (χ4v) is 13.2. The number of alkyl halides is 7. The Labute approximate surface area is 771 Å². The predicted molar refractivity (Wildman–Crippen MR) is 456 cm³/mol. The van der Waals surface area contributed by atoms with Crippen molar-refractivity contribution in [3.8, 4) is 0 Å². The van der Waals surface area contributed by atoms with Gasteiger partial charge in [-0.05, 0) is 179 Å². The van der Waals surface area contributed by atoms with Crippen molar-refractivity contribution in [3.05, 3.63) is 166 Å². The van der Waals surface area contributed by atoms with E-state index < -0.39 is 70.8 Å². The third kappa shape index (κ3) is 50.6. The fourth-order valence-electron chi connectivity index (χ4n) is 10.7. The molecule has 27 nitrogen and oxygen atoms in total. The van der Waals surface area contributed by atoms with Gasteiger partial charge in [0.2, 0.25) is 0 Å². The van der Waals surface area contributed by atoms with Gasteiger partial charge < -0.3 is 48.1 Å². The Bertz CT molecular complexity index is 4090. The minimum absolute atomic E-state index is 0. The van der Waals surface area contributed by atoms with Crippen molar-refractivity contribution in [1.82, 2.24) is 49.3 Å². The molecule has 4 fully saturated rings. The van der Waals surface area contributed by atoms with E-state index in [9.17, 15) is 54.3 Å². The first kappa shape index (κ1) is 121. The van der Waals surface area contributed by atoms with Crippen LogP contribution in [0.15, 0.2) is 101 Å². The number of rotatable bonds is 22. The van der Waals surface area contributed by atoms with E-state index in [1.807, 2.05) is 52.5 Å². The molecule has 2 aromatic carbocycles. The zero-order chi connectivity index (χ0) is 90.9. The molecule has 4 aliphatic heterocycles. The van der Waals surface area contributed by atoms with Crippen molar-refractivity contribution in [2.75, 3.05) is 92.2 Å². The number of hydrogen-bond acceptors (Lipinski definition) is 23. The number of halogens is 10. The van der Waals surface area contributed by atoms with Gasteiger partial charge in [0, 0.05) is 100 Å². The maximum atomic E-state index is 13.3. The number of methoxy groups -OCH3 is 2. The Hall–Kier alpha value is -4.94. The van der Waals surface area contributed by atoms with E-state index in [0.29, 0.717) is 61.5 Å². The van der Waals surface area contributed by atoms with Gasteiger partial charge in [0.25, 0.3) is 0 Å². The average Bonchev–Trinajstić information content (AvgIpc) is 1.09. The number of benzene rings is 2. The van der Waals surface area contributed by atoms with E-state index >= 15 is 0 Å². The van der Waals surface area contributed by atoms with Crippen LogP contribution in [0.1, 0.15) is 207 Å². The number of aromatic nitrogens is 10. The van der Waals surface area contributed by atoms with E-state index in [1.54, 1.807) is 86.6 Å². The fraction of sp³-hybridized carbons (Fsp3) is 0.582. The van der Waals surface area contributed by atoms with Crippen LogP contribution >= 0.6 is 62.9 Å². The molecule has 3 N–H and O–H groups in total. The van der Waals surface area contributed by atoms with Crippen LogP contribution < -0.4 is 18.9 Å². The standard InChI is InChI=1S/C19H23F3N2O4S.C13H19F3N2O2.C10H16N2O2.C8H12N2O.C7H10N2O2.C7H8S.C4H8O.C4H7O.C4H8O.C3H7BrO.Al.BCl3.Li.Mn.2O/c1-13-4-3-5-14(10-13)29(26,27)18(2)6-9-28-16(12-18)15-11-17(19(20,21)22)23-24(15)7-8-25;1-9-3-5-20-11(7-9)10-8-12(13(14,15)16)17-18(10)4-6-19-2;1-4-6-12-9(7-8(3)11-12)10(13)14-5-2;1-3-4-10-8(6-11)5-7(2)9-10;1-3-11-7(10)6-4-5(2)8-9-6;1-6-3-2-4-7(8)5-6;2*1-2-4-5-3-1;1-2-3-4-5;1-5-3-2-4;;2-1(3)4;;;;/h3-5,10-11,16,25H,6-9,12H2,1-2H3;8-9,11H,3-7H2,1-2H3;7H,4-6H2,1-3H3;5-6H,3-4H2,1-2H3;4H,3H2,1-2H3,(H,8,9);2-5,8H,1H3;1-4H2;3H,1-2,4H2;2,5H,1,3-4H2;2-3H2,1H3;;;;;;/q;;;;;;;-1;;;;;+1;;;. The number of hydrogen-bond donors (Lipinski definition) is 4. The van der Waals surface area contributed by atoms with E-state index in [1.165, 1.54) is 42.7 Å². The normalized spacial score (nSPS) is 16.0. The summed E-state index contributed by atoms with van der Waals surface area (Å²) < 4.78 is 166. The molecule has 682 valence electrons. The molecule has 3 radical (unpaired) electrons. The molecule has 0 amide bonds. The summed E-state index contributed by atoms with van der Waals surface area (Å²) in [4.78, 5) is 33.3. The van der Waals surface area contributed by atoms with Crippen LogP contribution in [0.4, 0.5) is 26.3 Å². The van der Waals surface area contributed by atoms with Crippen molar-refractivity contribution < 1.29 is 139 Å². The number of carbonyl (C=O) groups excluding carboxylic acids is 3. The number of sulfone groups is 1. The summed E-state index contributed by atoms with van der Waals surface area (Å²) in [6, 6.07) is 21.8. The van der Waals surface area contributed by atoms with Gasteiger partial charge in [-0.3, -0.25) is 28.6 Å². The van der Waals surface area contributed by atoms with Crippen LogP contribution in [0.5, 0.6) is 0 Å². The number of thiol groups is 1. The number of aliphatic hydroxyl groups is 2. The summed E-state index contributed by atoms with van der Waals surface area (Å²) in [6.07, 6.45) is 1.69. The van der Waals surface area contributed by atoms with Crippen LogP contribution in [0.2, 0.25) is 0 Å². The van der Waals surface area contributed by atoms with E-state index in [0.717, 1.165) is 128 Å². The van der Waals surface area contributed by atoms with Gasteiger partial charge in [0.15, 0.2) is 33.2 Å². The summed E-state index contributed by atoms with van der Waals surface area (Å²) in [7, 11) is -0.564. The van der Waals surface area contributed by atoms with E-state index in [-0.39, 0.29) is 104 Å². The Balaban J connectivity index is -0.00000135. The van der Waals surface area contributed by atoms with Gasteiger partial charge in [-0.25, -0.2) is 24.6 Å². The summed E-state index contributed by atoms with van der Waals surface area (Å²) in [5.74, 6) is -0.229. The van der Waals surface area contributed by atoms with Crippen molar-refractivity contribution in [2.24, 2.45) is 5.92 Å². The molecule has 0 bridgehead atoms. The summed E-state index contributed by atoms with van der Waals surface area (Å²) in [5, 5.41) is 40.1. The zero-order valence-electron chi connectivity index (χ0n) is 72.0. The Kier molecular flexibility index (Phi) is 68.7. The van der Waals surface area contributed by atoms with Gasteiger partial charge in [-0.2, -0.15) is 92.6 Å². The first-order chi connectivity index (χ1) is 56.8. The molecule has 0 saturated carbocycles. The number of aryl methyl sites for hydroxylation is 7.